The number of nitrogens with two attached hydrogens (primary N) is 1. The number of benzene rings is 2. The smallest absolute Gasteiger partial charge is 0.332 e. The number of hydrogen-bond donors (Lipinski definition) is 2. The van der Waals surface area contributed by atoms with Gasteiger partial charge >= 0.3 is 5.95 Å². The number of nitrogens with zero attached hydrogens (tertiary/aromatic N) is 3. The Kier molecular flexibility index (Phi) is 7.80. The summed E-state index contributed by atoms with van der Waals surface area (Å²) in [6.45, 7) is 12.0. The molecule has 0 aliphatic carbocycles. The van der Waals surface area contributed by atoms with Crippen molar-refractivity contribution in [2.24, 2.45) is 0 Å². The highest BCUT2D eigenvalue weighted by Gasteiger charge is 2.35. The van der Waals surface area contributed by atoms with Crippen LogP contribution in [0.3, 0.4) is 0 Å². The normalized spacial score (nSPS) is 15.5. The van der Waals surface area contributed by atoms with Gasteiger partial charge in [-0.15, -0.1) is 0 Å². The topological polar surface area (TPSA) is 101 Å². The van der Waals surface area contributed by atoms with Crippen molar-refractivity contribution in [1.82, 2.24) is 14.9 Å². The number of fused-ring (bicyclic) bond motifs is 1. The number of methoxy groups -OCH3 is 1. The molecule has 0 saturated heterocycles. The molecule has 3 aromatic rings. The Morgan fingerprint density at radius 3 is 2.65 bits per heavy atom. The molecule has 198 valence electrons. The second-order valence-corrected chi connectivity index (χ2v) is 12.8. The molecule has 0 spiro atoms. The van der Waals surface area contributed by atoms with E-state index in [1.807, 2.05) is 5.32 Å². The first-order valence-electron chi connectivity index (χ1n) is 12.4. The van der Waals surface area contributed by atoms with Gasteiger partial charge in [0.2, 0.25) is 0 Å². The lowest BCUT2D eigenvalue weighted by Gasteiger charge is -2.43. The van der Waals surface area contributed by atoms with E-state index in [2.05, 4.69) is 53.1 Å². The van der Waals surface area contributed by atoms with Gasteiger partial charge < -0.3 is 10.1 Å². The van der Waals surface area contributed by atoms with E-state index in [-0.39, 0.29) is 15.5 Å². The van der Waals surface area contributed by atoms with Gasteiger partial charge in [0.05, 0.1) is 29.1 Å². The first kappa shape index (κ1) is 27.3. The van der Waals surface area contributed by atoms with E-state index in [1.54, 1.807) is 45.2 Å². The molecule has 10 heteroatoms. The lowest BCUT2D eigenvalue weighted by molar-refractivity contribution is -0.488. The molecule has 2 aromatic carbocycles. The molecule has 1 aliphatic heterocycles. The standard InChI is InChI=1S/C27H34ClN5O3S/c1-7-33-13-12-18-14-22(23(36-6)15-19(18)27(33,4)5)31-26-29-16-20(28)25(32-26)30-21-10-8-9-11-24(21)37(34,35)17(2)3/h8-11,14-17H,7,12-13H2,1-6H3,(H2,29,30,31,32)/p+1. The number of hydrogen-bond acceptors (Lipinski definition) is 7. The lowest BCUT2D eigenvalue weighted by atomic mass is 9.83. The minimum atomic E-state index is -3.51. The minimum absolute atomic E-state index is 0.0915. The monoisotopic (exact) mass is 544 g/mol. The van der Waals surface area contributed by atoms with Crippen LogP contribution in [0.25, 0.3) is 0 Å². The number of rotatable bonds is 8. The van der Waals surface area contributed by atoms with Gasteiger partial charge in [0.25, 0.3) is 0 Å². The summed E-state index contributed by atoms with van der Waals surface area (Å²) in [5.41, 5.74) is 3.74. The molecule has 0 atom stereocenters. The molecular formula is C27H35ClN5O3S+. The van der Waals surface area contributed by atoms with Crippen molar-refractivity contribution in [2.75, 3.05) is 25.5 Å². The molecule has 0 radical (unpaired) electrons. The third-order valence-corrected chi connectivity index (χ3v) is 9.54. The zero-order chi connectivity index (χ0) is 27.0. The largest absolute Gasteiger partial charge is 0.491 e. The molecule has 1 aromatic heterocycles. The number of para-hydroxylation sites is 1. The molecule has 2 heterocycles. The number of aromatic nitrogens is 2. The Morgan fingerprint density at radius 1 is 1.24 bits per heavy atom. The zero-order valence-corrected chi connectivity index (χ0v) is 23.7. The number of nitrogens with one attached hydrogen (secondary N) is 1. The summed E-state index contributed by atoms with van der Waals surface area (Å²) in [5, 5.41) is 4.69. The van der Waals surface area contributed by atoms with Crippen molar-refractivity contribution in [3.05, 3.63) is 58.7 Å². The third-order valence-electron chi connectivity index (χ3n) is 7.05. The SMILES string of the molecule is CCN1CCc2cc([NH2+]c3ncc(Cl)c(Nc4ccccc4S(=O)(=O)C(C)C)n3)c(OC)cc2C1(C)C. The van der Waals surface area contributed by atoms with Gasteiger partial charge in [-0.25, -0.2) is 13.7 Å². The van der Waals surface area contributed by atoms with Crippen LogP contribution in [0.15, 0.2) is 47.5 Å². The van der Waals surface area contributed by atoms with Gasteiger partial charge in [0.1, 0.15) is 5.02 Å². The lowest BCUT2D eigenvalue weighted by Crippen LogP contribution is -2.72. The van der Waals surface area contributed by atoms with Gasteiger partial charge in [0, 0.05) is 18.2 Å². The molecule has 3 N–H and O–H groups in total. The number of halogens is 1. The molecule has 0 amide bonds. The molecule has 0 bridgehead atoms. The number of likely N-dealkylation sites (N-methyl/N-ethyl adjacent to an activating group) is 1. The van der Waals surface area contributed by atoms with Crippen LogP contribution >= 0.6 is 11.6 Å². The summed E-state index contributed by atoms with van der Waals surface area (Å²) in [6.07, 6.45) is 2.46. The van der Waals surface area contributed by atoms with E-state index in [9.17, 15) is 8.42 Å². The Balaban J connectivity index is 1.67. The highest BCUT2D eigenvalue weighted by molar-refractivity contribution is 7.92. The van der Waals surface area contributed by atoms with Gasteiger partial charge in [-0.3, -0.25) is 4.90 Å². The van der Waals surface area contributed by atoms with Crippen LogP contribution in [-0.2, 0) is 21.8 Å². The summed E-state index contributed by atoms with van der Waals surface area (Å²) in [5.74, 6) is 1.50. The molecule has 37 heavy (non-hydrogen) atoms. The average molecular weight is 545 g/mol. The van der Waals surface area contributed by atoms with E-state index in [1.165, 1.54) is 17.3 Å². The number of anilines is 2. The van der Waals surface area contributed by atoms with Crippen molar-refractivity contribution in [1.29, 1.82) is 0 Å². The quantitative estimate of drug-likeness (QED) is 0.396. The summed E-state index contributed by atoms with van der Waals surface area (Å²) in [6, 6.07) is 11.0. The van der Waals surface area contributed by atoms with Crippen molar-refractivity contribution >= 4 is 44.6 Å². The fraction of sp³-hybridized carbons (Fsp3) is 0.407. The number of ether oxygens (including phenoxy) is 1. The van der Waals surface area contributed by atoms with Gasteiger partial charge in [-0.2, -0.15) is 9.97 Å². The Bertz CT molecular complexity index is 1410. The van der Waals surface area contributed by atoms with E-state index in [0.717, 1.165) is 30.9 Å². The molecule has 0 fully saturated rings. The Labute approximate surface area is 224 Å². The summed E-state index contributed by atoms with van der Waals surface area (Å²) in [4.78, 5) is 11.7. The van der Waals surface area contributed by atoms with Gasteiger partial charge in [-0.05, 0) is 70.0 Å². The van der Waals surface area contributed by atoms with Crippen molar-refractivity contribution < 1.29 is 18.5 Å². The van der Waals surface area contributed by atoms with Crippen LogP contribution in [0, 0.1) is 0 Å². The number of sulfone groups is 1. The van der Waals surface area contributed by atoms with Gasteiger partial charge in [0.15, 0.2) is 27.1 Å². The average Bonchev–Trinajstić information content (AvgIpc) is 2.86. The predicted octanol–water partition coefficient (Wildman–Crippen LogP) is 4.70. The number of quaternary nitrogens is 1. The van der Waals surface area contributed by atoms with Crippen LogP contribution in [0.5, 0.6) is 5.75 Å². The highest BCUT2D eigenvalue weighted by Crippen LogP contribution is 2.39. The van der Waals surface area contributed by atoms with E-state index < -0.39 is 15.1 Å². The summed E-state index contributed by atoms with van der Waals surface area (Å²) < 4.78 is 31.5. The van der Waals surface area contributed by atoms with Crippen LogP contribution in [0.1, 0.15) is 45.7 Å². The first-order valence-corrected chi connectivity index (χ1v) is 14.3. The maximum atomic E-state index is 12.9. The maximum absolute atomic E-state index is 12.9. The molecule has 0 saturated carbocycles. The van der Waals surface area contributed by atoms with Crippen molar-refractivity contribution in [3.63, 3.8) is 0 Å². The summed E-state index contributed by atoms with van der Waals surface area (Å²) in [7, 11) is -1.85. The second kappa shape index (κ2) is 10.6. The maximum Gasteiger partial charge on any atom is 0.332 e. The van der Waals surface area contributed by atoms with Crippen LogP contribution in [0.4, 0.5) is 23.1 Å². The van der Waals surface area contributed by atoms with E-state index in [4.69, 9.17) is 16.3 Å². The Morgan fingerprint density at radius 2 is 1.97 bits per heavy atom. The molecular weight excluding hydrogens is 510 g/mol. The fourth-order valence-corrected chi connectivity index (χ4v) is 6.18. The highest BCUT2D eigenvalue weighted by atomic mass is 35.5. The van der Waals surface area contributed by atoms with Crippen LogP contribution < -0.4 is 15.4 Å². The van der Waals surface area contributed by atoms with E-state index in [0.29, 0.717) is 17.5 Å². The minimum Gasteiger partial charge on any atom is -0.491 e. The van der Waals surface area contributed by atoms with E-state index >= 15 is 0 Å². The second-order valence-electron chi connectivity index (χ2n) is 9.92. The fourth-order valence-electron chi connectivity index (χ4n) is 4.84. The molecule has 8 nitrogen and oxygen atoms in total. The third kappa shape index (κ3) is 5.31. The molecule has 1 aliphatic rings. The zero-order valence-electron chi connectivity index (χ0n) is 22.2. The first-order chi connectivity index (χ1) is 17.5. The van der Waals surface area contributed by atoms with Gasteiger partial charge in [-0.1, -0.05) is 30.7 Å². The van der Waals surface area contributed by atoms with Crippen molar-refractivity contribution in [2.45, 2.75) is 56.7 Å². The van der Waals surface area contributed by atoms with Crippen molar-refractivity contribution in [3.8, 4) is 5.75 Å². The van der Waals surface area contributed by atoms with Crippen LogP contribution in [0.2, 0.25) is 5.02 Å². The Hall–Kier alpha value is -2.72. The summed E-state index contributed by atoms with van der Waals surface area (Å²) >= 11 is 6.41. The molecule has 4 rings (SSSR count). The predicted molar refractivity (Wildman–Crippen MR) is 147 cm³/mol. The van der Waals surface area contributed by atoms with Crippen LogP contribution in [-0.4, -0.2) is 48.7 Å². The molecule has 0 unspecified atom stereocenters.